The number of rotatable bonds is 6. The van der Waals surface area contributed by atoms with Gasteiger partial charge in [-0.2, -0.15) is 0 Å². The molecular formula is C16H17ClFNO. The van der Waals surface area contributed by atoms with Crippen LogP contribution >= 0.6 is 11.6 Å². The average molecular weight is 294 g/mol. The largest absolute Gasteiger partial charge is 0.491 e. The normalized spacial score (nSPS) is 10.3. The van der Waals surface area contributed by atoms with Crippen molar-refractivity contribution in [1.82, 2.24) is 0 Å². The molecule has 0 saturated carbocycles. The molecule has 0 amide bonds. The van der Waals surface area contributed by atoms with Gasteiger partial charge >= 0.3 is 0 Å². The highest BCUT2D eigenvalue weighted by atomic mass is 35.5. The van der Waals surface area contributed by atoms with Gasteiger partial charge in [0.2, 0.25) is 0 Å². The molecule has 0 aromatic heterocycles. The van der Waals surface area contributed by atoms with Crippen LogP contribution in [-0.4, -0.2) is 6.61 Å². The van der Waals surface area contributed by atoms with Crippen LogP contribution in [-0.2, 0) is 6.54 Å². The van der Waals surface area contributed by atoms with Crippen LogP contribution in [0.2, 0.25) is 5.02 Å². The number of para-hydroxylation sites is 2. The molecule has 0 aliphatic rings. The molecule has 2 rings (SSSR count). The van der Waals surface area contributed by atoms with Crippen LogP contribution in [0.3, 0.4) is 0 Å². The smallest absolute Gasteiger partial charge is 0.142 e. The lowest BCUT2D eigenvalue weighted by atomic mass is 10.2. The van der Waals surface area contributed by atoms with E-state index >= 15 is 0 Å². The third-order valence-corrected chi connectivity index (χ3v) is 3.06. The number of nitrogens with one attached hydrogen (secondary N) is 1. The quantitative estimate of drug-likeness (QED) is 0.819. The van der Waals surface area contributed by atoms with Crippen molar-refractivity contribution in [3.05, 3.63) is 58.9 Å². The third kappa shape index (κ3) is 3.87. The minimum absolute atomic E-state index is 0.270. The topological polar surface area (TPSA) is 21.3 Å². The van der Waals surface area contributed by atoms with Crippen molar-refractivity contribution < 1.29 is 9.13 Å². The number of hydrogen-bond acceptors (Lipinski definition) is 2. The first kappa shape index (κ1) is 14.7. The summed E-state index contributed by atoms with van der Waals surface area (Å²) in [5, 5.41) is 3.71. The number of halogens is 2. The lowest BCUT2D eigenvalue weighted by Gasteiger charge is -2.13. The molecule has 0 heterocycles. The second-order valence-corrected chi connectivity index (χ2v) is 4.87. The molecule has 2 aromatic carbocycles. The fourth-order valence-electron chi connectivity index (χ4n) is 1.82. The van der Waals surface area contributed by atoms with E-state index in [-0.39, 0.29) is 5.82 Å². The van der Waals surface area contributed by atoms with E-state index in [1.165, 1.54) is 6.07 Å². The predicted octanol–water partition coefficient (Wildman–Crippen LogP) is 4.88. The fourth-order valence-corrected chi connectivity index (χ4v) is 2.01. The van der Waals surface area contributed by atoms with E-state index in [0.29, 0.717) is 23.7 Å². The van der Waals surface area contributed by atoms with Crippen LogP contribution in [0.5, 0.6) is 5.75 Å². The number of hydrogen-bond donors (Lipinski definition) is 1. The second kappa shape index (κ2) is 7.15. The van der Waals surface area contributed by atoms with Crippen LogP contribution in [0.1, 0.15) is 18.9 Å². The highest BCUT2D eigenvalue weighted by Crippen LogP contribution is 2.25. The van der Waals surface area contributed by atoms with E-state index in [1.807, 2.05) is 24.3 Å². The lowest BCUT2D eigenvalue weighted by Crippen LogP contribution is -2.04. The lowest BCUT2D eigenvalue weighted by molar-refractivity contribution is 0.319. The molecule has 0 unspecified atom stereocenters. The van der Waals surface area contributed by atoms with E-state index < -0.39 is 0 Å². The van der Waals surface area contributed by atoms with Gasteiger partial charge in [0.15, 0.2) is 0 Å². The fraction of sp³-hybridized carbons (Fsp3) is 0.250. The molecule has 2 nitrogen and oxygen atoms in total. The highest BCUT2D eigenvalue weighted by molar-refractivity contribution is 6.30. The second-order valence-electron chi connectivity index (χ2n) is 4.43. The molecule has 0 aliphatic carbocycles. The molecule has 2 aromatic rings. The van der Waals surface area contributed by atoms with Crippen LogP contribution in [0.15, 0.2) is 42.5 Å². The molecule has 0 saturated heterocycles. The Balaban J connectivity index is 2.08. The predicted molar refractivity (Wildman–Crippen MR) is 81.0 cm³/mol. The van der Waals surface area contributed by atoms with Gasteiger partial charge in [-0.25, -0.2) is 4.39 Å². The summed E-state index contributed by atoms with van der Waals surface area (Å²) in [7, 11) is 0. The molecule has 0 fully saturated rings. The van der Waals surface area contributed by atoms with Crippen LogP contribution in [0.4, 0.5) is 10.1 Å². The summed E-state index contributed by atoms with van der Waals surface area (Å²) in [5.74, 6) is 0.505. The van der Waals surface area contributed by atoms with Crippen LogP contribution < -0.4 is 10.1 Å². The van der Waals surface area contributed by atoms with E-state index in [0.717, 1.165) is 17.9 Å². The van der Waals surface area contributed by atoms with Crippen molar-refractivity contribution in [2.45, 2.75) is 19.9 Å². The molecule has 106 valence electrons. The zero-order valence-corrected chi connectivity index (χ0v) is 12.1. The molecule has 1 N–H and O–H groups in total. The maximum atomic E-state index is 13.6. The van der Waals surface area contributed by atoms with Gasteiger partial charge in [0, 0.05) is 17.1 Å². The number of anilines is 1. The number of ether oxygens (including phenoxy) is 1. The molecule has 20 heavy (non-hydrogen) atoms. The van der Waals surface area contributed by atoms with Gasteiger partial charge in [0.1, 0.15) is 11.6 Å². The van der Waals surface area contributed by atoms with Gasteiger partial charge in [-0.15, -0.1) is 0 Å². The molecule has 0 spiro atoms. The van der Waals surface area contributed by atoms with Gasteiger partial charge in [0.25, 0.3) is 0 Å². The summed E-state index contributed by atoms with van der Waals surface area (Å²) in [6, 6.07) is 12.2. The summed E-state index contributed by atoms with van der Waals surface area (Å²) < 4.78 is 19.3. The van der Waals surface area contributed by atoms with Crippen LogP contribution in [0.25, 0.3) is 0 Å². The maximum Gasteiger partial charge on any atom is 0.142 e. The standard InChI is InChI=1S/C16H17ClFNO/c1-2-9-20-16-6-4-3-5-15(16)19-11-12-10-13(17)7-8-14(12)18/h3-8,10,19H,2,9,11H2,1H3. The Morgan fingerprint density at radius 3 is 2.80 bits per heavy atom. The van der Waals surface area contributed by atoms with Crippen molar-refractivity contribution in [3.63, 3.8) is 0 Å². The Morgan fingerprint density at radius 1 is 1.20 bits per heavy atom. The molecular weight excluding hydrogens is 277 g/mol. The van der Waals surface area contributed by atoms with E-state index in [4.69, 9.17) is 16.3 Å². The van der Waals surface area contributed by atoms with E-state index in [2.05, 4.69) is 12.2 Å². The van der Waals surface area contributed by atoms with Crippen molar-refractivity contribution in [1.29, 1.82) is 0 Å². The van der Waals surface area contributed by atoms with E-state index in [9.17, 15) is 4.39 Å². The Bertz CT molecular complexity index is 574. The maximum absolute atomic E-state index is 13.6. The Kier molecular flexibility index (Phi) is 5.24. The Morgan fingerprint density at radius 2 is 2.00 bits per heavy atom. The summed E-state index contributed by atoms with van der Waals surface area (Å²) in [6.07, 6.45) is 0.942. The number of benzene rings is 2. The average Bonchev–Trinajstić information content (AvgIpc) is 2.47. The van der Waals surface area contributed by atoms with Gasteiger partial charge < -0.3 is 10.1 Å². The van der Waals surface area contributed by atoms with Crippen molar-refractivity contribution in [2.24, 2.45) is 0 Å². The van der Waals surface area contributed by atoms with Gasteiger partial charge in [0.05, 0.1) is 12.3 Å². The summed E-state index contributed by atoms with van der Waals surface area (Å²) >= 11 is 5.88. The minimum Gasteiger partial charge on any atom is -0.491 e. The summed E-state index contributed by atoms with van der Waals surface area (Å²) in [4.78, 5) is 0. The molecule has 0 bridgehead atoms. The monoisotopic (exact) mass is 293 g/mol. The Labute approximate surface area is 123 Å². The first-order valence-electron chi connectivity index (χ1n) is 6.60. The molecule has 0 atom stereocenters. The Hall–Kier alpha value is -1.74. The molecule has 0 radical (unpaired) electrons. The van der Waals surface area contributed by atoms with E-state index in [1.54, 1.807) is 12.1 Å². The molecule has 0 aliphatic heterocycles. The van der Waals surface area contributed by atoms with Crippen molar-refractivity contribution in [3.8, 4) is 5.75 Å². The van der Waals surface area contributed by atoms with Crippen molar-refractivity contribution >= 4 is 17.3 Å². The highest BCUT2D eigenvalue weighted by Gasteiger charge is 2.06. The zero-order valence-electron chi connectivity index (χ0n) is 11.3. The first-order chi connectivity index (χ1) is 9.70. The molecule has 4 heteroatoms. The summed E-state index contributed by atoms with van der Waals surface area (Å²) in [6.45, 7) is 3.07. The SMILES string of the molecule is CCCOc1ccccc1NCc1cc(Cl)ccc1F. The first-order valence-corrected chi connectivity index (χ1v) is 6.98. The third-order valence-electron chi connectivity index (χ3n) is 2.83. The van der Waals surface area contributed by atoms with Gasteiger partial charge in [-0.1, -0.05) is 30.7 Å². The summed E-state index contributed by atoms with van der Waals surface area (Å²) in [5.41, 5.74) is 1.38. The van der Waals surface area contributed by atoms with Gasteiger partial charge in [-0.05, 0) is 36.8 Å². The minimum atomic E-state index is -0.270. The van der Waals surface area contributed by atoms with Crippen LogP contribution in [0, 0.1) is 5.82 Å². The zero-order chi connectivity index (χ0) is 14.4. The van der Waals surface area contributed by atoms with Gasteiger partial charge in [-0.3, -0.25) is 0 Å². The van der Waals surface area contributed by atoms with Crippen molar-refractivity contribution in [2.75, 3.05) is 11.9 Å².